The first-order valence-electron chi connectivity index (χ1n) is 14.6. The summed E-state index contributed by atoms with van der Waals surface area (Å²) in [6.45, 7) is 4.54. The van der Waals surface area contributed by atoms with E-state index in [1.807, 2.05) is 72.9 Å². The van der Waals surface area contributed by atoms with E-state index in [9.17, 15) is 0 Å². The van der Waals surface area contributed by atoms with E-state index in [2.05, 4.69) is 85.6 Å². The Hall–Kier alpha value is -4.85. The molecule has 0 unspecified atom stereocenters. The van der Waals surface area contributed by atoms with Gasteiger partial charge in [0.2, 0.25) is 0 Å². The van der Waals surface area contributed by atoms with Gasteiger partial charge >= 0.3 is 0 Å². The molecule has 2 aromatic heterocycles. The lowest BCUT2D eigenvalue weighted by atomic mass is 9.82. The normalized spacial score (nSPS) is 13.6. The average molecular weight is 573 g/mol. The monoisotopic (exact) mass is 572 g/mol. The smallest absolute Gasteiger partial charge is 0.171 e. The Kier molecular flexibility index (Phi) is 5.76. The molecule has 0 saturated heterocycles. The maximum atomic E-state index is 15.1. The summed E-state index contributed by atoms with van der Waals surface area (Å²) in [5, 5.41) is 4.73. The van der Waals surface area contributed by atoms with Gasteiger partial charge in [-0.15, -0.1) is 0 Å². The molecule has 0 N–H and O–H groups in total. The first-order valence-corrected chi connectivity index (χ1v) is 16.3. The van der Waals surface area contributed by atoms with Crippen molar-refractivity contribution in [2.75, 3.05) is 0 Å². The predicted molar refractivity (Wildman–Crippen MR) is 179 cm³/mol. The zero-order valence-corrected chi connectivity index (χ0v) is 24.9. The van der Waals surface area contributed by atoms with Gasteiger partial charge in [0.25, 0.3) is 0 Å². The third-order valence-corrected chi connectivity index (χ3v) is 12.0. The van der Waals surface area contributed by atoms with Crippen molar-refractivity contribution in [3.8, 4) is 22.4 Å². The zero-order chi connectivity index (χ0) is 29.2. The molecule has 0 fully saturated rings. The molecular weight excluding hydrogens is 543 g/mol. The highest BCUT2D eigenvalue weighted by Gasteiger charge is 2.38. The molecule has 43 heavy (non-hydrogen) atoms. The maximum Gasteiger partial charge on any atom is 0.171 e. The van der Waals surface area contributed by atoms with E-state index in [-0.39, 0.29) is 5.41 Å². The number of fused-ring (bicyclic) bond motifs is 6. The van der Waals surface area contributed by atoms with Crippen LogP contribution >= 0.6 is 7.14 Å². The summed E-state index contributed by atoms with van der Waals surface area (Å²) in [7, 11) is -3.08. The lowest BCUT2D eigenvalue weighted by molar-refractivity contribution is 0.592. The molecule has 206 valence electrons. The van der Waals surface area contributed by atoms with Crippen molar-refractivity contribution in [2.45, 2.75) is 19.3 Å². The van der Waals surface area contributed by atoms with Crippen LogP contribution in [0, 0.1) is 0 Å². The molecular formula is C39H29N2OP. The van der Waals surface area contributed by atoms with Crippen LogP contribution in [0.2, 0.25) is 0 Å². The number of hydrogen-bond acceptors (Lipinski definition) is 3. The van der Waals surface area contributed by atoms with Gasteiger partial charge in [-0.2, -0.15) is 0 Å². The maximum absolute atomic E-state index is 15.1. The molecule has 0 amide bonds. The van der Waals surface area contributed by atoms with Gasteiger partial charge < -0.3 is 4.57 Å². The Bertz CT molecular complexity index is 2200. The van der Waals surface area contributed by atoms with Gasteiger partial charge in [0.1, 0.15) is 0 Å². The van der Waals surface area contributed by atoms with Crippen molar-refractivity contribution in [3.05, 3.63) is 151 Å². The van der Waals surface area contributed by atoms with Crippen molar-refractivity contribution < 1.29 is 4.57 Å². The van der Waals surface area contributed by atoms with Gasteiger partial charge in [-0.1, -0.05) is 123 Å². The lowest BCUT2D eigenvalue weighted by Gasteiger charge is -2.25. The van der Waals surface area contributed by atoms with Gasteiger partial charge in [-0.05, 0) is 46.5 Å². The van der Waals surface area contributed by atoms with E-state index in [1.165, 1.54) is 22.3 Å². The third kappa shape index (κ3) is 3.92. The summed E-state index contributed by atoms with van der Waals surface area (Å²) in [4.78, 5) is 9.75. The van der Waals surface area contributed by atoms with Crippen molar-refractivity contribution in [2.24, 2.45) is 0 Å². The molecule has 7 aromatic rings. The topological polar surface area (TPSA) is 42.9 Å². The van der Waals surface area contributed by atoms with Crippen LogP contribution in [0.4, 0.5) is 0 Å². The second-order valence-corrected chi connectivity index (χ2v) is 14.6. The standard InChI is InChI=1S/C39H29N2OP/c1-39(2)34-24-28(36-22-18-27-16-15-26-10-9-23-40-37(26)38(27)41-36)17-20-32(34)33-21-19-31(25-35(33)39)43(42,29-11-5-3-6-12-29)30-13-7-4-8-14-30/h3-25H,1-2H3. The predicted octanol–water partition coefficient (Wildman–Crippen LogP) is 8.40. The Morgan fingerprint density at radius 3 is 1.86 bits per heavy atom. The van der Waals surface area contributed by atoms with E-state index >= 15 is 4.57 Å². The van der Waals surface area contributed by atoms with Crippen LogP contribution in [-0.4, -0.2) is 9.97 Å². The van der Waals surface area contributed by atoms with Gasteiger partial charge in [0, 0.05) is 43.9 Å². The highest BCUT2D eigenvalue weighted by molar-refractivity contribution is 7.85. The van der Waals surface area contributed by atoms with E-state index in [0.717, 1.165) is 49.0 Å². The third-order valence-electron chi connectivity index (χ3n) is 8.99. The molecule has 0 aliphatic heterocycles. The minimum Gasteiger partial charge on any atom is -0.309 e. The lowest BCUT2D eigenvalue weighted by Crippen LogP contribution is -2.26. The van der Waals surface area contributed by atoms with Gasteiger partial charge in [-0.25, -0.2) is 4.98 Å². The quantitative estimate of drug-likeness (QED) is 0.157. The molecule has 8 rings (SSSR count). The number of nitrogens with zero attached hydrogens (tertiary/aromatic N) is 2. The Balaban J connectivity index is 1.26. The molecule has 5 aromatic carbocycles. The number of hydrogen-bond donors (Lipinski definition) is 0. The minimum absolute atomic E-state index is 0.278. The van der Waals surface area contributed by atoms with Crippen LogP contribution in [0.25, 0.3) is 44.2 Å². The van der Waals surface area contributed by atoms with Crippen LogP contribution < -0.4 is 15.9 Å². The Morgan fingerprint density at radius 1 is 0.558 bits per heavy atom. The highest BCUT2D eigenvalue weighted by Crippen LogP contribution is 2.51. The molecule has 3 nitrogen and oxygen atoms in total. The van der Waals surface area contributed by atoms with Gasteiger partial charge in [-0.3, -0.25) is 4.98 Å². The number of pyridine rings is 2. The van der Waals surface area contributed by atoms with Crippen molar-refractivity contribution >= 4 is 44.9 Å². The largest absolute Gasteiger partial charge is 0.309 e. The highest BCUT2D eigenvalue weighted by atomic mass is 31.2. The molecule has 2 heterocycles. The fraction of sp³-hybridized carbons (Fsp3) is 0.0769. The molecule has 0 radical (unpaired) electrons. The summed E-state index contributed by atoms with van der Waals surface area (Å²) in [6.07, 6.45) is 1.83. The first kappa shape index (κ1) is 25.8. The van der Waals surface area contributed by atoms with Crippen LogP contribution in [0.5, 0.6) is 0 Å². The second-order valence-electron chi connectivity index (χ2n) is 11.8. The van der Waals surface area contributed by atoms with Gasteiger partial charge in [0.15, 0.2) is 7.14 Å². The van der Waals surface area contributed by atoms with Crippen molar-refractivity contribution in [3.63, 3.8) is 0 Å². The number of aromatic nitrogens is 2. The molecule has 4 heteroatoms. The molecule has 0 saturated carbocycles. The molecule has 1 aliphatic rings. The molecule has 0 atom stereocenters. The Labute approximate surface area is 251 Å². The fourth-order valence-electron chi connectivity index (χ4n) is 6.69. The second kappa shape index (κ2) is 9.59. The molecule has 1 aliphatic carbocycles. The summed E-state index contributed by atoms with van der Waals surface area (Å²) < 4.78 is 15.1. The Morgan fingerprint density at radius 2 is 1.16 bits per heavy atom. The van der Waals surface area contributed by atoms with Crippen LogP contribution in [0.1, 0.15) is 25.0 Å². The van der Waals surface area contributed by atoms with Crippen LogP contribution in [0.15, 0.2) is 140 Å². The van der Waals surface area contributed by atoms with Crippen LogP contribution in [0.3, 0.4) is 0 Å². The minimum atomic E-state index is -3.08. The van der Waals surface area contributed by atoms with Crippen molar-refractivity contribution in [1.82, 2.24) is 9.97 Å². The number of rotatable bonds is 4. The van der Waals surface area contributed by atoms with E-state index in [4.69, 9.17) is 4.98 Å². The van der Waals surface area contributed by atoms with E-state index < -0.39 is 7.14 Å². The van der Waals surface area contributed by atoms with Crippen molar-refractivity contribution in [1.29, 1.82) is 0 Å². The number of benzene rings is 5. The summed E-state index contributed by atoms with van der Waals surface area (Å²) in [5.41, 5.74) is 8.44. The van der Waals surface area contributed by atoms with Gasteiger partial charge in [0.05, 0.1) is 16.7 Å². The SMILES string of the molecule is CC1(C)c2cc(-c3ccc4ccc5cccnc5c4n3)ccc2-c2ccc(P(=O)(c3ccccc3)c3ccccc3)cc21. The molecule has 0 spiro atoms. The zero-order valence-electron chi connectivity index (χ0n) is 24.0. The summed E-state index contributed by atoms with van der Waals surface area (Å²) in [6, 6.07) is 45.4. The van der Waals surface area contributed by atoms with E-state index in [1.54, 1.807) is 0 Å². The fourth-order valence-corrected chi connectivity index (χ4v) is 9.36. The van der Waals surface area contributed by atoms with Crippen LogP contribution in [-0.2, 0) is 9.98 Å². The first-order chi connectivity index (χ1) is 20.9. The summed E-state index contributed by atoms with van der Waals surface area (Å²) >= 11 is 0. The average Bonchev–Trinajstić information content (AvgIpc) is 3.30. The van der Waals surface area contributed by atoms with E-state index in [0.29, 0.717) is 0 Å². The summed E-state index contributed by atoms with van der Waals surface area (Å²) in [5.74, 6) is 0. The molecule has 0 bridgehead atoms.